The smallest absolute Gasteiger partial charge is 0.220 e. The second-order valence-corrected chi connectivity index (χ2v) is 7.46. The lowest BCUT2D eigenvalue weighted by atomic mass is 9.99. The molecule has 0 spiro atoms. The van der Waals surface area contributed by atoms with Gasteiger partial charge in [0.2, 0.25) is 5.91 Å². The van der Waals surface area contributed by atoms with Gasteiger partial charge in [-0.2, -0.15) is 11.8 Å². The van der Waals surface area contributed by atoms with Gasteiger partial charge in [-0.3, -0.25) is 9.78 Å². The Morgan fingerprint density at radius 2 is 1.78 bits per heavy atom. The summed E-state index contributed by atoms with van der Waals surface area (Å²) in [4.78, 5) is 16.2. The summed E-state index contributed by atoms with van der Waals surface area (Å²) in [6.45, 7) is 4.80. The van der Waals surface area contributed by atoms with Crippen LogP contribution in [0.25, 0.3) is 0 Å². The van der Waals surface area contributed by atoms with Gasteiger partial charge in [0, 0.05) is 36.7 Å². The molecule has 1 aromatic heterocycles. The van der Waals surface area contributed by atoms with E-state index in [4.69, 9.17) is 5.73 Å². The van der Waals surface area contributed by atoms with Crippen molar-refractivity contribution in [2.75, 3.05) is 12.3 Å². The van der Waals surface area contributed by atoms with Gasteiger partial charge in [-0.25, -0.2) is 0 Å². The first kappa shape index (κ1) is 25.7. The van der Waals surface area contributed by atoms with E-state index in [9.17, 15) is 4.79 Å². The van der Waals surface area contributed by atoms with E-state index in [1.54, 1.807) is 18.0 Å². The number of carbonyl (C=O) groups is 1. The molecule has 0 aliphatic heterocycles. The van der Waals surface area contributed by atoms with Crippen LogP contribution in [-0.4, -0.2) is 23.2 Å². The van der Waals surface area contributed by atoms with Crippen molar-refractivity contribution in [3.63, 3.8) is 0 Å². The maximum absolute atomic E-state index is 11.9. The Labute approximate surface area is 178 Å². The highest BCUT2D eigenvalue weighted by Gasteiger charge is 2.09. The number of amides is 1. The van der Waals surface area contributed by atoms with E-state index >= 15 is 0 Å². The van der Waals surface area contributed by atoms with E-state index < -0.39 is 0 Å². The number of nitrogens with two attached hydrogens (primary N) is 1. The predicted molar refractivity (Wildman–Crippen MR) is 120 cm³/mol. The zero-order valence-electron chi connectivity index (χ0n) is 15.8. The fourth-order valence-corrected chi connectivity index (χ4v) is 3.24. The average Bonchev–Trinajstić information content (AvgIpc) is 2.64. The summed E-state index contributed by atoms with van der Waals surface area (Å²) in [6.07, 6.45) is 2.29. The van der Waals surface area contributed by atoms with Crippen LogP contribution in [0.4, 0.5) is 0 Å². The second kappa shape index (κ2) is 13.8. The Morgan fingerprint density at radius 1 is 1.11 bits per heavy atom. The van der Waals surface area contributed by atoms with Gasteiger partial charge in [-0.05, 0) is 29.2 Å². The fourth-order valence-electron chi connectivity index (χ4n) is 2.38. The third-order valence-electron chi connectivity index (χ3n) is 4.00. The van der Waals surface area contributed by atoms with E-state index in [0.717, 1.165) is 22.8 Å². The number of hydrogen-bond acceptors (Lipinski definition) is 4. The number of halogens is 2. The van der Waals surface area contributed by atoms with Crippen LogP contribution >= 0.6 is 36.6 Å². The van der Waals surface area contributed by atoms with E-state index in [1.807, 2.05) is 18.2 Å². The molecule has 1 atom stereocenters. The lowest BCUT2D eigenvalue weighted by Gasteiger charge is -2.14. The Bertz CT molecular complexity index is 654. The zero-order valence-corrected chi connectivity index (χ0v) is 18.2. The molecule has 1 unspecified atom stereocenters. The Morgan fingerprint density at radius 3 is 2.37 bits per heavy atom. The molecule has 1 aromatic carbocycles. The molecule has 0 aliphatic carbocycles. The molecule has 0 saturated heterocycles. The fraction of sp³-hybridized carbons (Fsp3) is 0.400. The molecule has 1 amide bonds. The molecule has 3 N–H and O–H groups in total. The number of carbonyl (C=O) groups excluding carboxylic acids is 1. The first-order valence-corrected chi connectivity index (χ1v) is 9.81. The van der Waals surface area contributed by atoms with Crippen molar-refractivity contribution in [3.05, 3.63) is 65.5 Å². The number of nitrogens with zero attached hydrogens (tertiary/aromatic N) is 1. The van der Waals surface area contributed by atoms with Gasteiger partial charge in [0.1, 0.15) is 0 Å². The summed E-state index contributed by atoms with van der Waals surface area (Å²) >= 11 is 1.71. The zero-order chi connectivity index (χ0) is 18.1. The van der Waals surface area contributed by atoms with Crippen LogP contribution in [0.15, 0.2) is 48.7 Å². The topological polar surface area (TPSA) is 68.0 Å². The van der Waals surface area contributed by atoms with Crippen LogP contribution in [0.2, 0.25) is 0 Å². The highest BCUT2D eigenvalue weighted by Crippen LogP contribution is 2.17. The minimum Gasteiger partial charge on any atom is -0.354 e. The van der Waals surface area contributed by atoms with Crippen molar-refractivity contribution in [2.45, 2.75) is 38.0 Å². The Kier molecular flexibility index (Phi) is 13.2. The molecular weight excluding hydrogens is 401 g/mol. The van der Waals surface area contributed by atoms with Crippen molar-refractivity contribution >= 4 is 42.5 Å². The number of benzene rings is 1. The van der Waals surface area contributed by atoms with Crippen LogP contribution in [0, 0.1) is 0 Å². The lowest BCUT2D eigenvalue weighted by molar-refractivity contribution is -0.120. The number of pyridine rings is 1. The van der Waals surface area contributed by atoms with Gasteiger partial charge in [0.15, 0.2) is 0 Å². The molecule has 0 radical (unpaired) electrons. The highest BCUT2D eigenvalue weighted by atomic mass is 35.5. The van der Waals surface area contributed by atoms with Crippen LogP contribution in [0.5, 0.6) is 0 Å². The van der Waals surface area contributed by atoms with Crippen LogP contribution < -0.4 is 11.1 Å². The number of hydrogen-bond donors (Lipinski definition) is 2. The van der Waals surface area contributed by atoms with Crippen LogP contribution in [0.1, 0.15) is 49.0 Å². The van der Waals surface area contributed by atoms with Gasteiger partial charge >= 0.3 is 0 Å². The summed E-state index contributed by atoms with van der Waals surface area (Å²) in [5, 5.41) is 2.92. The molecule has 0 aliphatic rings. The molecule has 0 saturated carbocycles. The Balaban J connectivity index is 0.00000338. The van der Waals surface area contributed by atoms with Gasteiger partial charge in [0.25, 0.3) is 0 Å². The summed E-state index contributed by atoms with van der Waals surface area (Å²) in [5.41, 5.74) is 9.56. The van der Waals surface area contributed by atoms with Crippen molar-refractivity contribution in [1.82, 2.24) is 10.3 Å². The van der Waals surface area contributed by atoms with E-state index in [0.29, 0.717) is 18.9 Å². The minimum absolute atomic E-state index is 0. The predicted octanol–water partition coefficient (Wildman–Crippen LogP) is 4.49. The number of aromatic nitrogens is 1. The van der Waals surface area contributed by atoms with Crippen molar-refractivity contribution in [3.8, 4) is 0 Å². The SMILES string of the molecule is CC(C)c1ccc(C(N)CNC(=O)CCSCc2ccccn2)cc1.Cl.Cl. The molecule has 150 valence electrons. The molecule has 0 fully saturated rings. The number of thioether (sulfide) groups is 1. The summed E-state index contributed by atoms with van der Waals surface area (Å²) in [5.74, 6) is 2.16. The molecular formula is C20H29Cl2N3OS. The summed E-state index contributed by atoms with van der Waals surface area (Å²) < 4.78 is 0. The minimum atomic E-state index is -0.175. The van der Waals surface area contributed by atoms with Gasteiger partial charge < -0.3 is 11.1 Å². The molecule has 2 aromatic rings. The second-order valence-electron chi connectivity index (χ2n) is 6.36. The van der Waals surface area contributed by atoms with Crippen LogP contribution in [-0.2, 0) is 10.5 Å². The number of rotatable bonds is 9. The highest BCUT2D eigenvalue weighted by molar-refractivity contribution is 7.98. The normalized spacial score (nSPS) is 11.3. The molecule has 27 heavy (non-hydrogen) atoms. The average molecular weight is 430 g/mol. The standard InChI is InChI=1S/C20H27N3OS.2ClH/c1-15(2)16-6-8-17(9-7-16)19(21)13-23-20(24)10-12-25-14-18-5-3-4-11-22-18;;/h3-9,11,15,19H,10,12-14,21H2,1-2H3,(H,23,24);2*1H. The first-order chi connectivity index (χ1) is 12.1. The van der Waals surface area contributed by atoms with E-state index in [-0.39, 0.29) is 36.8 Å². The Hall–Kier alpha value is -1.27. The third kappa shape index (κ3) is 9.47. The van der Waals surface area contributed by atoms with Crippen molar-refractivity contribution in [1.29, 1.82) is 0 Å². The molecule has 0 bridgehead atoms. The molecule has 7 heteroatoms. The van der Waals surface area contributed by atoms with Gasteiger partial charge in [-0.15, -0.1) is 24.8 Å². The molecule has 1 heterocycles. The van der Waals surface area contributed by atoms with E-state index in [1.165, 1.54) is 5.56 Å². The number of nitrogens with one attached hydrogen (secondary N) is 1. The van der Waals surface area contributed by atoms with Crippen molar-refractivity contribution < 1.29 is 4.79 Å². The van der Waals surface area contributed by atoms with E-state index in [2.05, 4.69) is 48.4 Å². The molecule has 2 rings (SSSR count). The third-order valence-corrected chi connectivity index (χ3v) is 4.99. The van der Waals surface area contributed by atoms with Gasteiger partial charge in [-0.1, -0.05) is 44.2 Å². The quantitative estimate of drug-likeness (QED) is 0.576. The van der Waals surface area contributed by atoms with Gasteiger partial charge in [0.05, 0.1) is 5.69 Å². The lowest BCUT2D eigenvalue weighted by Crippen LogP contribution is -2.32. The van der Waals surface area contributed by atoms with Crippen LogP contribution in [0.3, 0.4) is 0 Å². The largest absolute Gasteiger partial charge is 0.354 e. The summed E-state index contributed by atoms with van der Waals surface area (Å²) in [6, 6.07) is 14.0. The summed E-state index contributed by atoms with van der Waals surface area (Å²) in [7, 11) is 0. The molecule has 4 nitrogen and oxygen atoms in total. The maximum atomic E-state index is 11.9. The monoisotopic (exact) mass is 429 g/mol. The first-order valence-electron chi connectivity index (χ1n) is 8.66. The maximum Gasteiger partial charge on any atom is 0.220 e. The van der Waals surface area contributed by atoms with Crippen molar-refractivity contribution in [2.24, 2.45) is 5.73 Å².